The Morgan fingerprint density at radius 2 is 1.42 bits per heavy atom. The van der Waals surface area contributed by atoms with Crippen LogP contribution in [0.25, 0.3) is 0 Å². The van der Waals surface area contributed by atoms with E-state index in [1.807, 2.05) is 50.2 Å². The molecule has 0 heterocycles. The van der Waals surface area contributed by atoms with Gasteiger partial charge in [-0.3, -0.25) is 14.4 Å². The number of hydrogen-bond acceptors (Lipinski definition) is 7. The molecule has 11 heteroatoms. The van der Waals surface area contributed by atoms with Crippen LogP contribution in [0.1, 0.15) is 51.2 Å². The number of amides is 3. The average Bonchev–Trinajstić information content (AvgIpc) is 2.97. The zero-order chi connectivity index (χ0) is 31.6. The molecule has 0 aromatic heterocycles. The first-order chi connectivity index (χ1) is 20.6. The number of carboxylic acids is 1. The van der Waals surface area contributed by atoms with Crippen LogP contribution in [0.3, 0.4) is 0 Å². The van der Waals surface area contributed by atoms with Gasteiger partial charge in [-0.2, -0.15) is 0 Å². The third kappa shape index (κ3) is 14.2. The van der Waals surface area contributed by atoms with Gasteiger partial charge in [0.05, 0.1) is 6.61 Å². The Bertz CT molecular complexity index is 1220. The van der Waals surface area contributed by atoms with Crippen molar-refractivity contribution in [2.24, 2.45) is 5.92 Å². The van der Waals surface area contributed by atoms with Gasteiger partial charge < -0.3 is 30.5 Å². The van der Waals surface area contributed by atoms with E-state index < -0.39 is 48.0 Å². The second kappa shape index (κ2) is 18.7. The molecule has 0 spiro atoms. The normalized spacial score (nSPS) is 13.0. The third-order valence-electron chi connectivity index (χ3n) is 6.19. The van der Waals surface area contributed by atoms with E-state index in [0.29, 0.717) is 0 Å². The lowest BCUT2D eigenvalue weighted by atomic mass is 10.0. The van der Waals surface area contributed by atoms with E-state index in [1.165, 1.54) is 6.08 Å². The van der Waals surface area contributed by atoms with Gasteiger partial charge in [0.2, 0.25) is 11.8 Å². The van der Waals surface area contributed by atoms with Crippen molar-refractivity contribution in [1.29, 1.82) is 0 Å². The smallest absolute Gasteiger partial charge is 0.408 e. The number of aliphatic carboxylic acids is 1. The van der Waals surface area contributed by atoms with Crippen LogP contribution in [-0.2, 0) is 41.7 Å². The summed E-state index contributed by atoms with van der Waals surface area (Å²) in [6, 6.07) is 15.3. The van der Waals surface area contributed by atoms with Gasteiger partial charge in [0.25, 0.3) is 0 Å². The molecule has 4 N–H and O–H groups in total. The van der Waals surface area contributed by atoms with Gasteiger partial charge in [0.15, 0.2) is 0 Å². The molecule has 0 aliphatic carbocycles. The summed E-state index contributed by atoms with van der Waals surface area (Å²) in [5.41, 5.74) is 1.55. The molecule has 0 radical (unpaired) electrons. The predicted octanol–water partition coefficient (Wildman–Crippen LogP) is 3.52. The van der Waals surface area contributed by atoms with Crippen LogP contribution in [0.15, 0.2) is 72.8 Å². The summed E-state index contributed by atoms with van der Waals surface area (Å²) in [5.74, 6) is -2.84. The Kier molecular flexibility index (Phi) is 15.0. The highest BCUT2D eigenvalue weighted by molar-refractivity contribution is 5.91. The number of benzene rings is 2. The molecule has 0 aliphatic rings. The van der Waals surface area contributed by atoms with Gasteiger partial charge in [-0.1, -0.05) is 80.6 Å². The van der Waals surface area contributed by atoms with Crippen molar-refractivity contribution in [3.63, 3.8) is 0 Å². The van der Waals surface area contributed by atoms with Gasteiger partial charge in [-0.25, -0.2) is 9.59 Å². The fraction of sp³-hybridized carbons (Fsp3) is 0.406. The van der Waals surface area contributed by atoms with Crippen LogP contribution in [0, 0.1) is 5.92 Å². The Hall–Kier alpha value is -4.67. The van der Waals surface area contributed by atoms with E-state index in [4.69, 9.17) is 14.6 Å². The third-order valence-corrected chi connectivity index (χ3v) is 6.19. The molecule has 11 nitrogen and oxygen atoms in total. The molecule has 3 amide bonds. The zero-order valence-electron chi connectivity index (χ0n) is 24.8. The van der Waals surface area contributed by atoms with Crippen LogP contribution in [0.4, 0.5) is 4.79 Å². The first-order valence-corrected chi connectivity index (χ1v) is 14.3. The van der Waals surface area contributed by atoms with Gasteiger partial charge in [-0.15, -0.1) is 0 Å². The number of nitrogens with one attached hydrogen (secondary N) is 3. The van der Waals surface area contributed by atoms with Gasteiger partial charge >= 0.3 is 18.0 Å². The van der Waals surface area contributed by atoms with E-state index in [-0.39, 0.29) is 44.8 Å². The minimum atomic E-state index is -1.07. The monoisotopic (exact) mass is 595 g/mol. The van der Waals surface area contributed by atoms with Crippen LogP contribution >= 0.6 is 0 Å². The lowest BCUT2D eigenvalue weighted by Crippen LogP contribution is -2.55. The number of rotatable bonds is 17. The zero-order valence-corrected chi connectivity index (χ0v) is 24.8. The van der Waals surface area contributed by atoms with Gasteiger partial charge in [0.1, 0.15) is 18.7 Å². The molecule has 0 fully saturated rings. The molecule has 0 bridgehead atoms. The maximum atomic E-state index is 13.5. The summed E-state index contributed by atoms with van der Waals surface area (Å²) in [5, 5.41) is 17.3. The summed E-state index contributed by atoms with van der Waals surface area (Å²) in [6.45, 7) is 5.63. The quantitative estimate of drug-likeness (QED) is 0.160. The molecular weight excluding hydrogens is 554 g/mol. The van der Waals surface area contributed by atoms with Gasteiger partial charge in [-0.05, 0) is 36.8 Å². The van der Waals surface area contributed by atoms with E-state index in [1.54, 1.807) is 31.2 Å². The molecule has 2 aromatic carbocycles. The lowest BCUT2D eigenvalue weighted by Gasteiger charge is -2.25. The number of alkyl carbamates (subject to hydrolysis) is 1. The highest BCUT2D eigenvalue weighted by Gasteiger charge is 2.29. The molecule has 0 aliphatic heterocycles. The summed E-state index contributed by atoms with van der Waals surface area (Å²) >= 11 is 0. The van der Waals surface area contributed by atoms with Crippen LogP contribution in [0.2, 0.25) is 0 Å². The topological polar surface area (TPSA) is 160 Å². The summed E-state index contributed by atoms with van der Waals surface area (Å²) in [7, 11) is 0. The van der Waals surface area contributed by atoms with Crippen LogP contribution < -0.4 is 16.0 Å². The number of hydrogen-bond donors (Lipinski definition) is 4. The Morgan fingerprint density at radius 3 is 2.00 bits per heavy atom. The van der Waals surface area contributed by atoms with E-state index in [9.17, 15) is 24.0 Å². The van der Waals surface area contributed by atoms with Gasteiger partial charge in [0, 0.05) is 25.0 Å². The second-order valence-corrected chi connectivity index (χ2v) is 10.3. The predicted molar refractivity (Wildman–Crippen MR) is 160 cm³/mol. The van der Waals surface area contributed by atoms with Crippen molar-refractivity contribution < 1.29 is 38.6 Å². The minimum absolute atomic E-state index is 0.00771. The van der Waals surface area contributed by atoms with E-state index in [2.05, 4.69) is 16.0 Å². The highest BCUT2D eigenvalue weighted by Crippen LogP contribution is 2.10. The van der Waals surface area contributed by atoms with Crippen molar-refractivity contribution in [3.05, 3.63) is 83.9 Å². The number of carbonyl (C=O) groups excluding carboxylic acids is 4. The Balaban J connectivity index is 2.20. The summed E-state index contributed by atoms with van der Waals surface area (Å²) < 4.78 is 10.2. The van der Waals surface area contributed by atoms with Crippen LogP contribution in [-0.4, -0.2) is 59.7 Å². The van der Waals surface area contributed by atoms with Crippen molar-refractivity contribution >= 4 is 29.8 Å². The Labute approximate surface area is 252 Å². The molecule has 43 heavy (non-hydrogen) atoms. The van der Waals surface area contributed by atoms with E-state index >= 15 is 0 Å². The Morgan fingerprint density at radius 1 is 0.814 bits per heavy atom. The summed E-state index contributed by atoms with van der Waals surface area (Å²) in [4.78, 5) is 62.6. The van der Waals surface area contributed by atoms with Crippen molar-refractivity contribution in [3.8, 4) is 0 Å². The number of esters is 1. The number of carbonyl (C=O) groups is 5. The van der Waals surface area contributed by atoms with E-state index in [0.717, 1.165) is 17.2 Å². The fourth-order valence-corrected chi connectivity index (χ4v) is 4.11. The molecule has 2 aromatic rings. The molecular formula is C32H41N3O8. The standard InChI is InChI=1S/C32H41N3O8/c1-4-42-29(38)18-16-25(15-17-28(36)37)33-30(39)27(20-23-11-7-5-8-12-23)34-31(40)26(19-22(2)3)35-32(41)43-21-24-13-9-6-10-14-24/h5-14,16,18,22,25-27H,4,15,17,19-21H2,1-3H3,(H,33,39)(H,34,40)(H,35,41)(H,36,37)/b18-16+/t25-,26-,27-/m0/s1. The molecule has 0 saturated carbocycles. The highest BCUT2D eigenvalue weighted by atomic mass is 16.5. The first kappa shape index (κ1) is 34.5. The maximum absolute atomic E-state index is 13.5. The number of carboxylic acid groups (broad SMARTS) is 1. The first-order valence-electron chi connectivity index (χ1n) is 14.3. The number of ether oxygens (including phenoxy) is 2. The second-order valence-electron chi connectivity index (χ2n) is 10.3. The average molecular weight is 596 g/mol. The minimum Gasteiger partial charge on any atom is -0.481 e. The van der Waals surface area contributed by atoms with Crippen molar-refractivity contribution in [2.75, 3.05) is 6.61 Å². The molecule has 2 rings (SSSR count). The van der Waals surface area contributed by atoms with Crippen LogP contribution in [0.5, 0.6) is 0 Å². The fourth-order valence-electron chi connectivity index (χ4n) is 4.11. The largest absolute Gasteiger partial charge is 0.481 e. The molecule has 0 unspecified atom stereocenters. The molecule has 3 atom stereocenters. The maximum Gasteiger partial charge on any atom is 0.408 e. The molecule has 0 saturated heterocycles. The van der Waals surface area contributed by atoms with Crippen molar-refractivity contribution in [2.45, 2.75) is 71.2 Å². The van der Waals surface area contributed by atoms with Crippen molar-refractivity contribution in [1.82, 2.24) is 16.0 Å². The summed E-state index contributed by atoms with van der Waals surface area (Å²) in [6.07, 6.45) is 1.88. The lowest BCUT2D eigenvalue weighted by molar-refractivity contribution is -0.138. The molecule has 232 valence electrons. The SMILES string of the molecule is CCOC(=O)/C=C/[C@H](CCC(=O)O)NC(=O)[C@H](Cc1ccccc1)NC(=O)[C@H](CC(C)C)NC(=O)OCc1ccccc1.